The molecule has 6 nitrogen and oxygen atoms in total. The van der Waals surface area contributed by atoms with Gasteiger partial charge in [-0.3, -0.25) is 9.59 Å². The van der Waals surface area contributed by atoms with Gasteiger partial charge in [0.05, 0.1) is 24.0 Å². The van der Waals surface area contributed by atoms with E-state index >= 15 is 0 Å². The van der Waals surface area contributed by atoms with Crippen molar-refractivity contribution in [2.45, 2.75) is 0 Å². The van der Waals surface area contributed by atoms with Gasteiger partial charge in [0, 0.05) is 5.56 Å². The first-order chi connectivity index (χ1) is 10.0. The van der Waals surface area contributed by atoms with Crippen molar-refractivity contribution in [2.75, 3.05) is 18.2 Å². The van der Waals surface area contributed by atoms with E-state index in [0.717, 1.165) is 0 Å². The van der Waals surface area contributed by atoms with Crippen molar-refractivity contribution in [3.63, 3.8) is 0 Å². The van der Waals surface area contributed by atoms with Gasteiger partial charge >= 0.3 is 0 Å². The largest absolute Gasteiger partial charge is 0.495 e. The number of nitrogens with two attached hydrogens (primary N) is 2. The number of carbonyl (C=O) groups is 2. The van der Waals surface area contributed by atoms with Crippen LogP contribution < -0.4 is 21.5 Å². The second-order valence-corrected chi connectivity index (χ2v) is 4.32. The molecule has 0 spiro atoms. The van der Waals surface area contributed by atoms with Crippen LogP contribution in [0.2, 0.25) is 0 Å². The maximum Gasteiger partial charge on any atom is 0.255 e. The van der Waals surface area contributed by atoms with E-state index in [2.05, 4.69) is 5.32 Å². The Morgan fingerprint density at radius 3 is 2.52 bits per heavy atom. The van der Waals surface area contributed by atoms with Crippen molar-refractivity contribution in [3.8, 4) is 5.75 Å². The lowest BCUT2D eigenvalue weighted by molar-refractivity contribution is 0.100. The molecule has 2 amide bonds. The Balaban J connectivity index is 2.28. The fourth-order valence-corrected chi connectivity index (χ4v) is 1.85. The monoisotopic (exact) mass is 285 g/mol. The van der Waals surface area contributed by atoms with Crippen LogP contribution in [0.25, 0.3) is 0 Å². The topological polar surface area (TPSA) is 107 Å². The molecule has 5 N–H and O–H groups in total. The number of hydrogen-bond donors (Lipinski definition) is 3. The maximum atomic E-state index is 12.2. The molecule has 108 valence electrons. The number of nitrogen functional groups attached to an aromatic ring is 1. The lowest BCUT2D eigenvalue weighted by Crippen LogP contribution is -2.18. The first-order valence-electron chi connectivity index (χ1n) is 6.16. The van der Waals surface area contributed by atoms with Gasteiger partial charge in [0.1, 0.15) is 5.75 Å². The molecule has 2 rings (SSSR count). The predicted molar refractivity (Wildman–Crippen MR) is 80.3 cm³/mol. The van der Waals surface area contributed by atoms with E-state index < -0.39 is 5.91 Å². The minimum Gasteiger partial charge on any atom is -0.495 e. The number of para-hydroxylation sites is 1. The number of anilines is 2. The number of carbonyl (C=O) groups excluding carboxylic acids is 2. The Morgan fingerprint density at radius 1 is 1.14 bits per heavy atom. The van der Waals surface area contributed by atoms with Crippen molar-refractivity contribution < 1.29 is 14.3 Å². The zero-order valence-corrected chi connectivity index (χ0v) is 11.4. The maximum absolute atomic E-state index is 12.2. The molecule has 0 heterocycles. The molecule has 0 fully saturated rings. The van der Waals surface area contributed by atoms with Gasteiger partial charge < -0.3 is 21.5 Å². The van der Waals surface area contributed by atoms with Crippen LogP contribution in [0.15, 0.2) is 42.5 Å². The van der Waals surface area contributed by atoms with E-state index in [1.54, 1.807) is 36.4 Å². The number of nitrogens with one attached hydrogen (secondary N) is 1. The molecular weight excluding hydrogens is 270 g/mol. The number of ether oxygens (including phenoxy) is 1. The quantitative estimate of drug-likeness (QED) is 0.742. The van der Waals surface area contributed by atoms with Crippen LogP contribution >= 0.6 is 0 Å². The van der Waals surface area contributed by atoms with E-state index in [1.807, 2.05) is 0 Å². The third-order valence-electron chi connectivity index (χ3n) is 2.94. The summed E-state index contributed by atoms with van der Waals surface area (Å²) in [4.78, 5) is 23.5. The molecule has 0 saturated carbocycles. The first-order valence-corrected chi connectivity index (χ1v) is 6.16. The van der Waals surface area contributed by atoms with E-state index in [4.69, 9.17) is 16.2 Å². The summed E-state index contributed by atoms with van der Waals surface area (Å²) in [5.74, 6) is -0.589. The molecule has 0 aliphatic heterocycles. The Hall–Kier alpha value is -3.02. The van der Waals surface area contributed by atoms with E-state index in [1.165, 1.54) is 13.2 Å². The fraction of sp³-hybridized carbons (Fsp3) is 0.0667. The van der Waals surface area contributed by atoms with Gasteiger partial charge in [-0.15, -0.1) is 0 Å². The summed E-state index contributed by atoms with van der Waals surface area (Å²) in [5, 5.41) is 2.64. The Morgan fingerprint density at radius 2 is 1.86 bits per heavy atom. The van der Waals surface area contributed by atoms with E-state index in [-0.39, 0.29) is 11.5 Å². The van der Waals surface area contributed by atoms with Crippen LogP contribution in [-0.4, -0.2) is 18.9 Å². The van der Waals surface area contributed by atoms with Crippen molar-refractivity contribution >= 4 is 23.2 Å². The number of hydrogen-bond acceptors (Lipinski definition) is 4. The zero-order chi connectivity index (χ0) is 15.4. The lowest BCUT2D eigenvalue weighted by atomic mass is 10.1. The van der Waals surface area contributed by atoms with Crippen LogP contribution in [0, 0.1) is 0 Å². The molecule has 21 heavy (non-hydrogen) atoms. The second kappa shape index (κ2) is 5.96. The van der Waals surface area contributed by atoms with Crippen LogP contribution in [0.1, 0.15) is 20.7 Å². The molecule has 2 aromatic rings. The summed E-state index contributed by atoms with van der Waals surface area (Å²) in [6.45, 7) is 0. The molecule has 0 aliphatic carbocycles. The molecule has 0 saturated heterocycles. The summed E-state index contributed by atoms with van der Waals surface area (Å²) in [6.07, 6.45) is 0. The van der Waals surface area contributed by atoms with Crippen LogP contribution in [-0.2, 0) is 0 Å². The summed E-state index contributed by atoms with van der Waals surface area (Å²) >= 11 is 0. The van der Waals surface area contributed by atoms with Gasteiger partial charge in [0.2, 0.25) is 0 Å². The number of amides is 2. The van der Waals surface area contributed by atoms with Crippen LogP contribution in [0.5, 0.6) is 5.75 Å². The third kappa shape index (κ3) is 3.11. The molecule has 0 atom stereocenters. The first kappa shape index (κ1) is 14.4. The molecule has 0 bridgehead atoms. The van der Waals surface area contributed by atoms with Crippen molar-refractivity contribution in [1.82, 2.24) is 0 Å². The number of primary amides is 1. The molecule has 2 aromatic carbocycles. The summed E-state index contributed by atoms with van der Waals surface area (Å²) < 4.78 is 5.07. The van der Waals surface area contributed by atoms with Crippen molar-refractivity contribution in [2.24, 2.45) is 5.73 Å². The van der Waals surface area contributed by atoms with Gasteiger partial charge in [-0.2, -0.15) is 0 Å². The standard InChI is InChI=1S/C15H15N3O3/c1-21-13-8-9(6-7-11(13)16)15(20)18-12-5-3-2-4-10(12)14(17)19/h2-8H,16H2,1H3,(H2,17,19)(H,18,20). The van der Waals surface area contributed by atoms with E-state index in [0.29, 0.717) is 22.7 Å². The van der Waals surface area contributed by atoms with Crippen molar-refractivity contribution in [3.05, 3.63) is 53.6 Å². The number of methoxy groups -OCH3 is 1. The van der Waals surface area contributed by atoms with Gasteiger partial charge in [-0.05, 0) is 30.3 Å². The molecule has 0 aliphatic rings. The number of benzene rings is 2. The van der Waals surface area contributed by atoms with Crippen molar-refractivity contribution in [1.29, 1.82) is 0 Å². The normalized spacial score (nSPS) is 9.95. The van der Waals surface area contributed by atoms with Gasteiger partial charge in [-0.25, -0.2) is 0 Å². The van der Waals surface area contributed by atoms with Gasteiger partial charge in [0.25, 0.3) is 11.8 Å². The predicted octanol–water partition coefficient (Wildman–Crippen LogP) is 1.63. The highest BCUT2D eigenvalue weighted by atomic mass is 16.5. The Labute approximate surface area is 121 Å². The van der Waals surface area contributed by atoms with Gasteiger partial charge in [-0.1, -0.05) is 12.1 Å². The Kier molecular flexibility index (Phi) is 4.08. The minimum absolute atomic E-state index is 0.244. The smallest absolute Gasteiger partial charge is 0.255 e. The zero-order valence-electron chi connectivity index (χ0n) is 11.4. The molecule has 0 unspecified atom stereocenters. The highest BCUT2D eigenvalue weighted by molar-refractivity contribution is 6.09. The minimum atomic E-state index is -0.610. The van der Waals surface area contributed by atoms with Crippen LogP contribution in [0.3, 0.4) is 0 Å². The SMILES string of the molecule is COc1cc(C(=O)Nc2ccccc2C(N)=O)ccc1N. The van der Waals surface area contributed by atoms with Crippen LogP contribution in [0.4, 0.5) is 11.4 Å². The molecular formula is C15H15N3O3. The second-order valence-electron chi connectivity index (χ2n) is 4.32. The molecule has 6 heteroatoms. The average Bonchev–Trinajstić information content (AvgIpc) is 2.48. The average molecular weight is 285 g/mol. The molecule has 0 radical (unpaired) electrons. The number of rotatable bonds is 4. The Bertz CT molecular complexity index is 698. The highest BCUT2D eigenvalue weighted by Crippen LogP contribution is 2.23. The highest BCUT2D eigenvalue weighted by Gasteiger charge is 2.13. The summed E-state index contributed by atoms with van der Waals surface area (Å²) in [5.41, 5.74) is 12.4. The summed E-state index contributed by atoms with van der Waals surface area (Å²) in [7, 11) is 1.47. The summed E-state index contributed by atoms with van der Waals surface area (Å²) in [6, 6.07) is 11.2. The lowest BCUT2D eigenvalue weighted by Gasteiger charge is -2.10. The van der Waals surface area contributed by atoms with Gasteiger partial charge in [0.15, 0.2) is 0 Å². The third-order valence-corrected chi connectivity index (χ3v) is 2.94. The fourth-order valence-electron chi connectivity index (χ4n) is 1.85. The van der Waals surface area contributed by atoms with E-state index in [9.17, 15) is 9.59 Å². The molecule has 0 aromatic heterocycles.